The molecule has 0 aliphatic carbocycles. The molecule has 2 aliphatic heterocycles. The highest BCUT2D eigenvalue weighted by Gasteiger charge is 2.61. The number of carbonyl (C=O) groups excluding carboxylic acids is 2. The molecule has 7 nitrogen and oxygen atoms in total. The minimum atomic E-state index is -4.38. The molecule has 2 aliphatic rings. The van der Waals surface area contributed by atoms with Gasteiger partial charge in [-0.1, -0.05) is 11.6 Å². The third kappa shape index (κ3) is 3.74. The van der Waals surface area contributed by atoms with Crippen LogP contribution in [-0.2, 0) is 24.2 Å². The van der Waals surface area contributed by atoms with Crippen molar-refractivity contribution >= 4 is 33.3 Å². The third-order valence-electron chi connectivity index (χ3n) is 6.14. The van der Waals surface area contributed by atoms with E-state index in [-0.39, 0.29) is 37.4 Å². The highest BCUT2D eigenvalue weighted by atomic mass is 35.5. The van der Waals surface area contributed by atoms with E-state index in [9.17, 15) is 22.4 Å². The zero-order valence-electron chi connectivity index (χ0n) is 17.6. The molecule has 2 amide bonds. The van der Waals surface area contributed by atoms with E-state index in [1.54, 1.807) is 0 Å². The summed E-state index contributed by atoms with van der Waals surface area (Å²) in [6.45, 7) is 0.709. The average Bonchev–Trinajstić information content (AvgIpc) is 2.79. The van der Waals surface area contributed by atoms with Crippen molar-refractivity contribution in [3.8, 4) is 5.75 Å². The Hall–Kier alpha value is -2.72. The molecule has 2 heterocycles. The van der Waals surface area contributed by atoms with E-state index in [0.717, 1.165) is 12.1 Å². The molecule has 2 aromatic rings. The number of rotatable bonds is 4. The van der Waals surface area contributed by atoms with Gasteiger partial charge in [0, 0.05) is 18.5 Å². The first-order valence-corrected chi connectivity index (χ1v) is 12.1. The second-order valence-electron chi connectivity index (χ2n) is 8.01. The molecule has 1 saturated heterocycles. The fourth-order valence-electron chi connectivity index (χ4n) is 4.71. The molecule has 0 radical (unpaired) electrons. The largest absolute Gasteiger partial charge is 0.488 e. The lowest BCUT2D eigenvalue weighted by Crippen LogP contribution is -2.65. The monoisotopic (exact) mass is 498 g/mol. The van der Waals surface area contributed by atoms with Gasteiger partial charge < -0.3 is 15.0 Å². The molecule has 0 aromatic heterocycles. The number of nitrogens with zero attached hydrogens (tertiary/aromatic N) is 1. The van der Waals surface area contributed by atoms with E-state index in [2.05, 4.69) is 5.32 Å². The number of fused-ring (bicyclic) bond motifs is 3. The number of sulfone groups is 1. The molecular weight excluding hydrogens is 478 g/mol. The number of piperidine rings is 1. The predicted octanol–water partition coefficient (Wildman–Crippen LogP) is 2.81. The molecule has 0 unspecified atom stereocenters. The highest BCUT2D eigenvalue weighted by molar-refractivity contribution is 7.92. The van der Waals surface area contributed by atoms with Gasteiger partial charge in [-0.2, -0.15) is 0 Å². The van der Waals surface area contributed by atoms with Crippen LogP contribution in [0.3, 0.4) is 0 Å². The number of hydrogen-bond acceptors (Lipinski definition) is 5. The van der Waals surface area contributed by atoms with Crippen LogP contribution >= 0.6 is 11.6 Å². The van der Waals surface area contributed by atoms with Crippen molar-refractivity contribution in [3.63, 3.8) is 0 Å². The minimum absolute atomic E-state index is 0.0523. The van der Waals surface area contributed by atoms with Crippen LogP contribution in [0.2, 0.25) is 5.02 Å². The van der Waals surface area contributed by atoms with Crippen LogP contribution in [0.4, 0.5) is 8.78 Å². The number of carbonyl (C=O) groups is 2. The van der Waals surface area contributed by atoms with Gasteiger partial charge in [0.1, 0.15) is 17.2 Å². The number of nitrogens with one attached hydrogen (secondary N) is 1. The second-order valence-corrected chi connectivity index (χ2v) is 10.7. The molecule has 1 fully saturated rings. The number of benzene rings is 2. The van der Waals surface area contributed by atoms with Crippen LogP contribution in [0, 0.1) is 11.6 Å². The van der Waals surface area contributed by atoms with Gasteiger partial charge in [-0.3, -0.25) is 9.59 Å². The summed E-state index contributed by atoms with van der Waals surface area (Å²) in [4.78, 5) is 25.4. The minimum Gasteiger partial charge on any atom is -0.488 e. The van der Waals surface area contributed by atoms with E-state index in [1.165, 1.54) is 36.1 Å². The Morgan fingerprint density at radius 1 is 1.18 bits per heavy atom. The zero-order chi connectivity index (χ0) is 24.0. The Kier molecular flexibility index (Phi) is 6.09. The molecule has 176 valence electrons. The van der Waals surface area contributed by atoms with Gasteiger partial charge in [0.05, 0.1) is 23.0 Å². The Bertz CT molecular complexity index is 1220. The zero-order valence-corrected chi connectivity index (χ0v) is 19.2. The van der Waals surface area contributed by atoms with Crippen molar-refractivity contribution in [2.45, 2.75) is 35.4 Å². The Morgan fingerprint density at radius 3 is 2.52 bits per heavy atom. The van der Waals surface area contributed by atoms with Crippen LogP contribution in [0.25, 0.3) is 0 Å². The van der Waals surface area contributed by atoms with Crippen molar-refractivity contribution in [2.75, 3.05) is 19.7 Å². The lowest BCUT2D eigenvalue weighted by atomic mass is 9.80. The summed E-state index contributed by atoms with van der Waals surface area (Å²) in [6, 6.07) is 5.98. The van der Waals surface area contributed by atoms with Gasteiger partial charge in [-0.25, -0.2) is 17.2 Å². The van der Waals surface area contributed by atoms with Gasteiger partial charge in [0.15, 0.2) is 21.4 Å². The first-order chi connectivity index (χ1) is 15.6. The van der Waals surface area contributed by atoms with Crippen LogP contribution < -0.4 is 10.1 Å². The molecule has 33 heavy (non-hydrogen) atoms. The van der Waals surface area contributed by atoms with E-state index in [4.69, 9.17) is 16.3 Å². The molecule has 0 spiro atoms. The van der Waals surface area contributed by atoms with Crippen molar-refractivity contribution in [3.05, 3.63) is 58.6 Å². The van der Waals surface area contributed by atoms with Gasteiger partial charge in [0.25, 0.3) is 0 Å². The normalized spacial score (nSPS) is 22.1. The summed E-state index contributed by atoms with van der Waals surface area (Å²) in [5, 5.41) is 2.71. The summed E-state index contributed by atoms with van der Waals surface area (Å²) >= 11 is 5.92. The van der Waals surface area contributed by atoms with Crippen molar-refractivity contribution in [1.82, 2.24) is 10.2 Å². The summed E-state index contributed by atoms with van der Waals surface area (Å²) in [7, 11) is -4.38. The van der Waals surface area contributed by atoms with Crippen LogP contribution in [-0.4, -0.2) is 50.9 Å². The lowest BCUT2D eigenvalue weighted by Gasteiger charge is -2.51. The number of likely N-dealkylation sites (tertiary alicyclic amines) is 1. The third-order valence-corrected chi connectivity index (χ3v) is 8.93. The number of halogens is 3. The summed E-state index contributed by atoms with van der Waals surface area (Å²) in [6.07, 6.45) is 0.161. The highest BCUT2D eigenvalue weighted by Crippen LogP contribution is 2.53. The molecule has 4 rings (SSSR count). The van der Waals surface area contributed by atoms with Gasteiger partial charge in [0.2, 0.25) is 11.8 Å². The lowest BCUT2D eigenvalue weighted by molar-refractivity contribution is -0.138. The Morgan fingerprint density at radius 2 is 1.85 bits per heavy atom. The molecule has 2 atom stereocenters. The van der Waals surface area contributed by atoms with Gasteiger partial charge in [-0.15, -0.1) is 0 Å². The van der Waals surface area contributed by atoms with Crippen molar-refractivity contribution in [1.29, 1.82) is 0 Å². The summed E-state index contributed by atoms with van der Waals surface area (Å²) in [5.41, 5.74) is -0.425. The first kappa shape index (κ1) is 23.4. The number of amides is 2. The van der Waals surface area contributed by atoms with Gasteiger partial charge >= 0.3 is 0 Å². The molecule has 2 aromatic carbocycles. The molecular formula is C22H21ClF2N2O5S. The summed E-state index contributed by atoms with van der Waals surface area (Å²) in [5.74, 6) is -3.28. The molecule has 11 heteroatoms. The molecule has 1 N–H and O–H groups in total. The standard InChI is InChI=1S/C22H21ClF2N2O5S/c1-13(28)26-11-19(29)27-10-2-9-22(33(30,31)15-5-3-14(23)4-6-15)18(27)12-32-21-17(25)8-7-16(24)20(21)22/h3-8,18H,2,9-12H2,1H3,(H,26,28)/t18-,22+/m0/s1. The SMILES string of the molecule is CC(=O)NCC(=O)N1CCC[C@]2(S(=O)(=O)c3ccc(Cl)cc3)c3c(F)ccc(F)c3OC[C@H]12. The Balaban J connectivity index is 1.94. The maximum Gasteiger partial charge on any atom is 0.242 e. The van der Waals surface area contributed by atoms with E-state index in [1.807, 2.05) is 0 Å². The maximum absolute atomic E-state index is 15.3. The molecule has 0 bridgehead atoms. The number of ether oxygens (including phenoxy) is 1. The smallest absolute Gasteiger partial charge is 0.242 e. The van der Waals surface area contributed by atoms with Gasteiger partial charge in [-0.05, 0) is 49.2 Å². The first-order valence-electron chi connectivity index (χ1n) is 10.2. The predicted molar refractivity (Wildman–Crippen MR) is 116 cm³/mol. The van der Waals surface area contributed by atoms with E-state index >= 15 is 4.39 Å². The van der Waals surface area contributed by atoms with Crippen LogP contribution in [0.5, 0.6) is 5.75 Å². The Labute approximate surface area is 194 Å². The fourth-order valence-corrected chi connectivity index (χ4v) is 7.17. The average molecular weight is 499 g/mol. The second kappa shape index (κ2) is 8.57. The summed E-state index contributed by atoms with van der Waals surface area (Å²) < 4.78 is 61.7. The quantitative estimate of drug-likeness (QED) is 0.699. The van der Waals surface area contributed by atoms with Crippen molar-refractivity contribution in [2.24, 2.45) is 0 Å². The molecule has 0 saturated carbocycles. The maximum atomic E-state index is 15.3. The van der Waals surface area contributed by atoms with E-state index in [0.29, 0.717) is 5.02 Å². The van der Waals surface area contributed by atoms with E-state index < -0.39 is 55.4 Å². The van der Waals surface area contributed by atoms with Crippen molar-refractivity contribution < 1.29 is 31.5 Å². The van der Waals surface area contributed by atoms with Crippen LogP contribution in [0.1, 0.15) is 25.3 Å². The van der Waals surface area contributed by atoms with Crippen LogP contribution in [0.15, 0.2) is 41.3 Å². The fraction of sp³-hybridized carbons (Fsp3) is 0.364. The number of hydrogen-bond donors (Lipinski definition) is 1. The topological polar surface area (TPSA) is 92.8 Å².